The van der Waals surface area contributed by atoms with Crippen LogP contribution in [0.4, 0.5) is 5.69 Å². The molecule has 128 valence electrons. The van der Waals surface area contributed by atoms with Crippen molar-refractivity contribution in [2.45, 2.75) is 57.4 Å². The van der Waals surface area contributed by atoms with Crippen molar-refractivity contribution in [2.24, 2.45) is 17.8 Å². The zero-order valence-electron chi connectivity index (χ0n) is 14.1. The van der Waals surface area contributed by atoms with Gasteiger partial charge in [-0.25, -0.2) is 0 Å². The lowest BCUT2D eigenvalue weighted by atomic mass is 9.88. The molecule has 2 N–H and O–H groups in total. The van der Waals surface area contributed by atoms with E-state index >= 15 is 0 Å². The standard InChI is InChI=1S/C20H26N2O2/c23-19(21-15-5-1-2-6-15)16-7-3-4-8-18(16)22-20(24)17-12-13-9-10-14(17)11-13/h3-4,7-8,13-15,17H,1-2,5-6,9-12H2,(H,21,23)(H,22,24). The molecule has 3 saturated carbocycles. The molecule has 4 rings (SSSR count). The smallest absolute Gasteiger partial charge is 0.253 e. The number of fused-ring (bicyclic) bond motifs is 2. The van der Waals surface area contributed by atoms with Crippen molar-refractivity contribution >= 4 is 17.5 Å². The third kappa shape index (κ3) is 3.06. The molecule has 4 heteroatoms. The van der Waals surface area contributed by atoms with Crippen LogP contribution in [0.2, 0.25) is 0 Å². The first-order chi connectivity index (χ1) is 11.7. The van der Waals surface area contributed by atoms with Gasteiger partial charge in [0.25, 0.3) is 5.91 Å². The Morgan fingerprint density at radius 3 is 2.46 bits per heavy atom. The van der Waals surface area contributed by atoms with E-state index in [0.717, 1.165) is 25.2 Å². The van der Waals surface area contributed by atoms with E-state index in [1.54, 1.807) is 6.07 Å². The molecule has 0 aliphatic heterocycles. The van der Waals surface area contributed by atoms with Crippen molar-refractivity contribution in [3.05, 3.63) is 29.8 Å². The Kier molecular flexibility index (Phi) is 4.30. The Morgan fingerprint density at radius 1 is 0.958 bits per heavy atom. The molecule has 1 aromatic carbocycles. The fourth-order valence-corrected chi connectivity index (χ4v) is 4.91. The molecule has 3 aliphatic carbocycles. The van der Waals surface area contributed by atoms with Gasteiger partial charge in [0.15, 0.2) is 0 Å². The number of carbonyl (C=O) groups is 2. The van der Waals surface area contributed by atoms with Gasteiger partial charge in [-0.05, 0) is 56.1 Å². The number of anilines is 1. The lowest BCUT2D eigenvalue weighted by Crippen LogP contribution is -2.34. The van der Waals surface area contributed by atoms with Crippen LogP contribution < -0.4 is 10.6 Å². The third-order valence-corrected chi connectivity index (χ3v) is 6.19. The first-order valence-electron chi connectivity index (χ1n) is 9.41. The molecule has 3 aliphatic rings. The topological polar surface area (TPSA) is 58.2 Å². The molecule has 24 heavy (non-hydrogen) atoms. The zero-order valence-corrected chi connectivity index (χ0v) is 14.1. The van der Waals surface area contributed by atoms with E-state index in [1.165, 1.54) is 32.1 Å². The Bertz CT molecular complexity index is 636. The second kappa shape index (κ2) is 6.58. The second-order valence-corrected chi connectivity index (χ2v) is 7.77. The predicted octanol–water partition coefficient (Wildman–Crippen LogP) is 3.73. The van der Waals surface area contributed by atoms with E-state index in [2.05, 4.69) is 10.6 Å². The Hall–Kier alpha value is -1.84. The summed E-state index contributed by atoms with van der Waals surface area (Å²) in [6.07, 6.45) is 9.20. The van der Waals surface area contributed by atoms with Crippen molar-refractivity contribution < 1.29 is 9.59 Å². The Labute approximate surface area is 143 Å². The van der Waals surface area contributed by atoms with Crippen LogP contribution >= 0.6 is 0 Å². The Morgan fingerprint density at radius 2 is 1.75 bits per heavy atom. The van der Waals surface area contributed by atoms with Crippen LogP contribution in [0.5, 0.6) is 0 Å². The van der Waals surface area contributed by atoms with E-state index in [0.29, 0.717) is 17.2 Å². The van der Waals surface area contributed by atoms with E-state index in [9.17, 15) is 9.59 Å². The molecule has 3 unspecified atom stereocenters. The highest BCUT2D eigenvalue weighted by atomic mass is 16.2. The molecule has 3 fully saturated rings. The molecule has 2 bridgehead atoms. The van der Waals surface area contributed by atoms with Crippen LogP contribution in [0.1, 0.15) is 61.7 Å². The van der Waals surface area contributed by atoms with Gasteiger partial charge in [-0.15, -0.1) is 0 Å². The second-order valence-electron chi connectivity index (χ2n) is 7.77. The maximum absolute atomic E-state index is 12.7. The van der Waals surface area contributed by atoms with Crippen LogP contribution in [0.25, 0.3) is 0 Å². The summed E-state index contributed by atoms with van der Waals surface area (Å²) >= 11 is 0. The van der Waals surface area contributed by atoms with Gasteiger partial charge in [-0.2, -0.15) is 0 Å². The van der Waals surface area contributed by atoms with Crippen LogP contribution in [0.15, 0.2) is 24.3 Å². The number of amides is 2. The van der Waals surface area contributed by atoms with Gasteiger partial charge in [-0.1, -0.05) is 31.4 Å². The van der Waals surface area contributed by atoms with Gasteiger partial charge in [0.05, 0.1) is 11.3 Å². The van der Waals surface area contributed by atoms with Gasteiger partial charge in [0.2, 0.25) is 5.91 Å². The molecule has 2 amide bonds. The molecule has 4 nitrogen and oxygen atoms in total. The van der Waals surface area contributed by atoms with Crippen LogP contribution in [-0.2, 0) is 4.79 Å². The average molecular weight is 326 g/mol. The Balaban J connectivity index is 1.45. The first-order valence-corrected chi connectivity index (χ1v) is 9.41. The summed E-state index contributed by atoms with van der Waals surface area (Å²) in [5.74, 6) is 1.46. The molecular weight excluding hydrogens is 300 g/mol. The minimum atomic E-state index is -0.0641. The predicted molar refractivity (Wildman–Crippen MR) is 93.7 cm³/mol. The van der Waals surface area contributed by atoms with Crippen molar-refractivity contribution in [3.63, 3.8) is 0 Å². The zero-order chi connectivity index (χ0) is 16.5. The van der Waals surface area contributed by atoms with E-state index < -0.39 is 0 Å². The molecule has 1 aromatic rings. The fraction of sp³-hybridized carbons (Fsp3) is 0.600. The van der Waals surface area contributed by atoms with Gasteiger partial charge in [0, 0.05) is 12.0 Å². The van der Waals surface area contributed by atoms with Crippen LogP contribution in [0.3, 0.4) is 0 Å². The minimum absolute atomic E-state index is 0.0641. The fourth-order valence-electron chi connectivity index (χ4n) is 4.91. The monoisotopic (exact) mass is 326 g/mol. The summed E-state index contributed by atoms with van der Waals surface area (Å²) < 4.78 is 0. The summed E-state index contributed by atoms with van der Waals surface area (Å²) in [7, 11) is 0. The van der Waals surface area contributed by atoms with Gasteiger partial charge in [-0.3, -0.25) is 9.59 Å². The van der Waals surface area contributed by atoms with Crippen molar-refractivity contribution in [2.75, 3.05) is 5.32 Å². The highest BCUT2D eigenvalue weighted by Gasteiger charge is 2.43. The van der Waals surface area contributed by atoms with Crippen molar-refractivity contribution in [1.29, 1.82) is 0 Å². The maximum atomic E-state index is 12.7. The number of rotatable bonds is 4. The summed E-state index contributed by atoms with van der Waals surface area (Å²) in [6.45, 7) is 0. The van der Waals surface area contributed by atoms with Crippen LogP contribution in [-0.4, -0.2) is 17.9 Å². The third-order valence-electron chi connectivity index (χ3n) is 6.19. The summed E-state index contributed by atoms with van der Waals surface area (Å²) in [5.41, 5.74) is 1.24. The number of nitrogens with one attached hydrogen (secondary N) is 2. The normalized spacial score (nSPS) is 28.9. The summed E-state index contributed by atoms with van der Waals surface area (Å²) in [4.78, 5) is 25.3. The lowest BCUT2D eigenvalue weighted by molar-refractivity contribution is -0.121. The van der Waals surface area contributed by atoms with Crippen molar-refractivity contribution in [1.82, 2.24) is 5.32 Å². The van der Waals surface area contributed by atoms with Gasteiger partial charge >= 0.3 is 0 Å². The quantitative estimate of drug-likeness (QED) is 0.885. The summed E-state index contributed by atoms with van der Waals surface area (Å²) in [6, 6.07) is 7.67. The first kappa shape index (κ1) is 15.7. The van der Waals surface area contributed by atoms with Gasteiger partial charge in [0.1, 0.15) is 0 Å². The van der Waals surface area contributed by atoms with Crippen molar-refractivity contribution in [3.8, 4) is 0 Å². The van der Waals surface area contributed by atoms with E-state index in [4.69, 9.17) is 0 Å². The maximum Gasteiger partial charge on any atom is 0.253 e. The lowest BCUT2D eigenvalue weighted by Gasteiger charge is -2.22. The highest BCUT2D eigenvalue weighted by Crippen LogP contribution is 2.48. The molecule has 0 spiro atoms. The molecule has 0 heterocycles. The summed E-state index contributed by atoms with van der Waals surface area (Å²) in [5, 5.41) is 6.16. The number of benzene rings is 1. The molecule has 0 radical (unpaired) electrons. The number of hydrogen-bond donors (Lipinski definition) is 2. The van der Waals surface area contributed by atoms with E-state index in [-0.39, 0.29) is 23.8 Å². The van der Waals surface area contributed by atoms with Gasteiger partial charge < -0.3 is 10.6 Å². The highest BCUT2D eigenvalue weighted by molar-refractivity contribution is 6.04. The number of carbonyl (C=O) groups excluding carboxylic acids is 2. The molecule has 3 atom stereocenters. The minimum Gasteiger partial charge on any atom is -0.349 e. The average Bonchev–Trinajstić information content (AvgIpc) is 3.33. The SMILES string of the molecule is O=C(NC1CCCC1)c1ccccc1NC(=O)C1CC2CCC1C2. The molecule has 0 aromatic heterocycles. The van der Waals surface area contributed by atoms with E-state index in [1.807, 2.05) is 18.2 Å². The number of para-hydroxylation sites is 1. The molecule has 0 saturated heterocycles. The largest absolute Gasteiger partial charge is 0.349 e. The number of hydrogen-bond acceptors (Lipinski definition) is 2. The molecular formula is C20H26N2O2. The van der Waals surface area contributed by atoms with Crippen LogP contribution in [0, 0.1) is 17.8 Å².